The fourth-order valence-corrected chi connectivity index (χ4v) is 1.47. The Morgan fingerprint density at radius 2 is 1.93 bits per heavy atom. The predicted octanol–water partition coefficient (Wildman–Crippen LogP) is 2.23. The number of carbonyl (C=O) groups excluding carboxylic acids is 1. The zero-order valence-corrected chi connectivity index (χ0v) is 7.06. The third-order valence-electron chi connectivity index (χ3n) is 2.15. The monoisotopic (exact) mass is 201 g/mol. The molecule has 0 aromatic carbocycles. The normalized spacial score (nSPS) is 15.8. The Morgan fingerprint density at radius 3 is 2.57 bits per heavy atom. The molecule has 74 valence electrons. The van der Waals surface area contributed by atoms with E-state index in [0.29, 0.717) is 12.0 Å². The van der Waals surface area contributed by atoms with Crippen LogP contribution in [0.2, 0.25) is 0 Å². The molecule has 1 heterocycles. The zero-order chi connectivity index (χ0) is 10.3. The quantitative estimate of drug-likeness (QED) is 0.644. The van der Waals surface area contributed by atoms with Crippen molar-refractivity contribution >= 4 is 5.78 Å². The van der Waals surface area contributed by atoms with E-state index < -0.39 is 11.9 Å². The van der Waals surface area contributed by atoms with Crippen LogP contribution in [0.4, 0.5) is 13.2 Å². The van der Waals surface area contributed by atoms with Crippen molar-refractivity contribution in [2.24, 2.45) is 0 Å². The van der Waals surface area contributed by atoms with Crippen LogP contribution in [0.3, 0.4) is 0 Å². The van der Waals surface area contributed by atoms with Gasteiger partial charge in [-0.2, -0.15) is 13.2 Å². The second kappa shape index (κ2) is 2.80. The lowest BCUT2D eigenvalue weighted by Crippen LogP contribution is -2.09. The number of hydrogen-bond acceptors (Lipinski definition) is 2. The van der Waals surface area contributed by atoms with Gasteiger partial charge in [0.2, 0.25) is 0 Å². The highest BCUT2D eigenvalue weighted by atomic mass is 19.4. The van der Waals surface area contributed by atoms with Crippen molar-refractivity contribution < 1.29 is 18.0 Å². The molecule has 0 saturated heterocycles. The van der Waals surface area contributed by atoms with Crippen LogP contribution in [0.25, 0.3) is 0 Å². The Labute approximate surface area is 77.8 Å². The van der Waals surface area contributed by atoms with Gasteiger partial charge in [0.25, 0.3) is 0 Å². The molecule has 1 aromatic heterocycles. The highest BCUT2D eigenvalue weighted by Gasteiger charge is 2.34. The van der Waals surface area contributed by atoms with E-state index in [1.54, 1.807) is 0 Å². The second-order valence-electron chi connectivity index (χ2n) is 3.11. The van der Waals surface area contributed by atoms with Crippen LogP contribution in [-0.2, 0) is 12.6 Å². The Balaban J connectivity index is 2.47. The van der Waals surface area contributed by atoms with Crippen molar-refractivity contribution in [3.8, 4) is 0 Å². The van der Waals surface area contributed by atoms with Crippen LogP contribution in [0, 0.1) is 0 Å². The summed E-state index contributed by atoms with van der Waals surface area (Å²) in [7, 11) is 0. The van der Waals surface area contributed by atoms with Crippen LogP contribution in [0.1, 0.15) is 28.2 Å². The number of halogens is 3. The lowest BCUT2D eigenvalue weighted by Gasteiger charge is -2.06. The Bertz CT molecular complexity index is 398. The standard InChI is InChI=1S/C9H6F3NO/c10-9(11,12)8-4-1-5-6(13-8)2-3-7(5)14/h1,4H,2-3H2. The molecule has 2 rings (SSSR count). The van der Waals surface area contributed by atoms with Crippen molar-refractivity contribution in [3.05, 3.63) is 29.1 Å². The lowest BCUT2D eigenvalue weighted by atomic mass is 10.2. The van der Waals surface area contributed by atoms with E-state index in [1.807, 2.05) is 0 Å². The van der Waals surface area contributed by atoms with Gasteiger partial charge in [0.1, 0.15) is 5.69 Å². The maximum absolute atomic E-state index is 12.2. The van der Waals surface area contributed by atoms with E-state index >= 15 is 0 Å². The highest BCUT2D eigenvalue weighted by Crippen LogP contribution is 2.30. The molecule has 1 aromatic rings. The topological polar surface area (TPSA) is 30.0 Å². The van der Waals surface area contributed by atoms with E-state index in [4.69, 9.17) is 0 Å². The molecule has 0 spiro atoms. The summed E-state index contributed by atoms with van der Waals surface area (Å²) in [5.41, 5.74) is -0.325. The van der Waals surface area contributed by atoms with Gasteiger partial charge in [0, 0.05) is 12.0 Å². The smallest absolute Gasteiger partial charge is 0.294 e. The third kappa shape index (κ3) is 1.38. The maximum Gasteiger partial charge on any atom is 0.433 e. The molecule has 1 aliphatic rings. The first kappa shape index (κ1) is 9.18. The number of ketones is 1. The molecule has 14 heavy (non-hydrogen) atoms. The molecular weight excluding hydrogens is 195 g/mol. The number of nitrogens with zero attached hydrogens (tertiary/aromatic N) is 1. The number of rotatable bonds is 0. The third-order valence-corrected chi connectivity index (χ3v) is 2.15. The number of carbonyl (C=O) groups is 1. The molecule has 1 aliphatic carbocycles. The molecule has 0 unspecified atom stereocenters. The van der Waals surface area contributed by atoms with Crippen LogP contribution in [-0.4, -0.2) is 10.8 Å². The molecule has 0 radical (unpaired) electrons. The van der Waals surface area contributed by atoms with Gasteiger partial charge in [-0.1, -0.05) is 0 Å². The number of hydrogen-bond donors (Lipinski definition) is 0. The maximum atomic E-state index is 12.2. The molecule has 0 bridgehead atoms. The first-order chi connectivity index (χ1) is 6.48. The van der Waals surface area contributed by atoms with E-state index in [2.05, 4.69) is 4.98 Å². The summed E-state index contributed by atoms with van der Waals surface area (Å²) in [6.45, 7) is 0. The molecule has 0 N–H and O–H groups in total. The largest absolute Gasteiger partial charge is 0.433 e. The van der Waals surface area contributed by atoms with Crippen molar-refractivity contribution in [2.45, 2.75) is 19.0 Å². The minimum atomic E-state index is -4.43. The van der Waals surface area contributed by atoms with E-state index in [0.717, 1.165) is 6.07 Å². The zero-order valence-electron chi connectivity index (χ0n) is 7.06. The molecule has 0 saturated carbocycles. The minimum absolute atomic E-state index is 0.124. The number of aromatic nitrogens is 1. The SMILES string of the molecule is O=C1CCc2nc(C(F)(F)F)ccc21. The van der Waals surface area contributed by atoms with Crippen LogP contribution in [0.5, 0.6) is 0 Å². The van der Waals surface area contributed by atoms with E-state index in [1.165, 1.54) is 6.07 Å². The first-order valence-corrected chi connectivity index (χ1v) is 4.09. The minimum Gasteiger partial charge on any atom is -0.294 e. The summed E-state index contributed by atoms with van der Waals surface area (Å²) < 4.78 is 36.6. The molecule has 2 nitrogen and oxygen atoms in total. The Morgan fingerprint density at radius 1 is 1.21 bits per heavy atom. The molecule has 0 aliphatic heterocycles. The van der Waals surface area contributed by atoms with Gasteiger partial charge < -0.3 is 0 Å². The Hall–Kier alpha value is -1.39. The van der Waals surface area contributed by atoms with Crippen LogP contribution in [0.15, 0.2) is 12.1 Å². The van der Waals surface area contributed by atoms with Gasteiger partial charge in [-0.3, -0.25) is 4.79 Å². The molecule has 0 amide bonds. The van der Waals surface area contributed by atoms with Crippen LogP contribution < -0.4 is 0 Å². The van der Waals surface area contributed by atoms with Crippen molar-refractivity contribution in [2.75, 3.05) is 0 Å². The molecule has 0 fully saturated rings. The molecule has 0 atom stereocenters. The number of pyridine rings is 1. The first-order valence-electron chi connectivity index (χ1n) is 4.09. The number of fused-ring (bicyclic) bond motifs is 1. The summed E-state index contributed by atoms with van der Waals surface area (Å²) in [5, 5.41) is 0. The molecular formula is C9H6F3NO. The average Bonchev–Trinajstić information content (AvgIpc) is 2.46. The fourth-order valence-electron chi connectivity index (χ4n) is 1.47. The lowest BCUT2D eigenvalue weighted by molar-refractivity contribution is -0.141. The van der Waals surface area contributed by atoms with Crippen molar-refractivity contribution in [1.82, 2.24) is 4.98 Å². The summed E-state index contributed by atoms with van der Waals surface area (Å²) in [5.74, 6) is -0.124. The Kier molecular flexibility index (Phi) is 1.83. The summed E-state index contributed by atoms with van der Waals surface area (Å²) in [4.78, 5) is 14.5. The average molecular weight is 201 g/mol. The summed E-state index contributed by atoms with van der Waals surface area (Å²) in [6.07, 6.45) is -3.84. The van der Waals surface area contributed by atoms with Gasteiger partial charge in [0.05, 0.1) is 5.69 Å². The van der Waals surface area contributed by atoms with Gasteiger partial charge in [0.15, 0.2) is 5.78 Å². The van der Waals surface area contributed by atoms with Crippen molar-refractivity contribution in [1.29, 1.82) is 0 Å². The van der Waals surface area contributed by atoms with E-state index in [-0.39, 0.29) is 17.9 Å². The van der Waals surface area contributed by atoms with Gasteiger partial charge in [-0.15, -0.1) is 0 Å². The van der Waals surface area contributed by atoms with Crippen LogP contribution >= 0.6 is 0 Å². The molecule has 5 heteroatoms. The van der Waals surface area contributed by atoms with E-state index in [9.17, 15) is 18.0 Å². The van der Waals surface area contributed by atoms with Crippen molar-refractivity contribution in [3.63, 3.8) is 0 Å². The number of alkyl halides is 3. The predicted molar refractivity (Wildman–Crippen MR) is 41.9 cm³/mol. The number of aryl methyl sites for hydroxylation is 1. The van der Waals surface area contributed by atoms with Gasteiger partial charge >= 0.3 is 6.18 Å². The summed E-state index contributed by atoms with van der Waals surface area (Å²) in [6, 6.07) is 2.06. The summed E-state index contributed by atoms with van der Waals surface area (Å²) >= 11 is 0. The van der Waals surface area contributed by atoms with Gasteiger partial charge in [-0.25, -0.2) is 4.98 Å². The highest BCUT2D eigenvalue weighted by molar-refractivity contribution is 5.99. The fraction of sp³-hybridized carbons (Fsp3) is 0.333. The second-order valence-corrected chi connectivity index (χ2v) is 3.11. The van der Waals surface area contributed by atoms with Gasteiger partial charge in [-0.05, 0) is 18.6 Å². The number of Topliss-reactive ketones (excluding diaryl/α,β-unsaturated/α-hetero) is 1.